The predicted octanol–water partition coefficient (Wildman–Crippen LogP) is 2.77. The third-order valence-electron chi connectivity index (χ3n) is 3.10. The summed E-state index contributed by atoms with van der Waals surface area (Å²) in [6.45, 7) is 4.40. The zero-order chi connectivity index (χ0) is 13.7. The Morgan fingerprint density at radius 2 is 1.95 bits per heavy atom. The molecular formula is C15H21N3O. The molecule has 4 nitrogen and oxygen atoms in total. The largest absolute Gasteiger partial charge is 0.392 e. The van der Waals surface area contributed by atoms with Gasteiger partial charge >= 0.3 is 0 Å². The number of fused-ring (bicyclic) bond motifs is 1. The van der Waals surface area contributed by atoms with Crippen molar-refractivity contribution < 1.29 is 5.11 Å². The van der Waals surface area contributed by atoms with Gasteiger partial charge in [-0.1, -0.05) is 37.6 Å². The van der Waals surface area contributed by atoms with Crippen LogP contribution in [0.1, 0.15) is 32.4 Å². The number of unbranched alkanes of at least 4 members (excludes halogenated alkanes) is 1. The zero-order valence-electron chi connectivity index (χ0n) is 11.6. The molecule has 1 unspecified atom stereocenters. The Morgan fingerprint density at radius 3 is 2.63 bits per heavy atom. The van der Waals surface area contributed by atoms with Crippen LogP contribution in [-0.2, 0) is 6.42 Å². The lowest BCUT2D eigenvalue weighted by atomic mass is 10.1. The average molecular weight is 259 g/mol. The van der Waals surface area contributed by atoms with Gasteiger partial charge in [-0.15, -0.1) is 5.10 Å². The molecule has 0 aliphatic rings. The SMILES string of the molecule is CCCCc1nnc(NCC(C)O)c2ccccc12. The molecule has 0 radical (unpaired) electrons. The van der Waals surface area contributed by atoms with E-state index in [2.05, 4.69) is 28.5 Å². The summed E-state index contributed by atoms with van der Waals surface area (Å²) >= 11 is 0. The molecule has 2 N–H and O–H groups in total. The average Bonchev–Trinajstić information content (AvgIpc) is 2.43. The molecule has 0 saturated heterocycles. The molecule has 102 valence electrons. The van der Waals surface area contributed by atoms with Gasteiger partial charge in [0.1, 0.15) is 0 Å². The molecule has 2 rings (SSSR count). The molecule has 19 heavy (non-hydrogen) atoms. The summed E-state index contributed by atoms with van der Waals surface area (Å²) in [5, 5.41) is 23.3. The number of aryl methyl sites for hydroxylation is 1. The molecule has 1 aromatic heterocycles. The van der Waals surface area contributed by atoms with Crippen LogP contribution in [0.5, 0.6) is 0 Å². The molecule has 1 heterocycles. The van der Waals surface area contributed by atoms with Gasteiger partial charge in [-0.2, -0.15) is 5.10 Å². The summed E-state index contributed by atoms with van der Waals surface area (Å²) in [6, 6.07) is 8.16. The van der Waals surface area contributed by atoms with Crippen molar-refractivity contribution in [1.29, 1.82) is 0 Å². The third-order valence-corrected chi connectivity index (χ3v) is 3.10. The van der Waals surface area contributed by atoms with Crippen molar-refractivity contribution in [1.82, 2.24) is 10.2 Å². The topological polar surface area (TPSA) is 58.0 Å². The summed E-state index contributed by atoms with van der Waals surface area (Å²) in [5.74, 6) is 0.747. The molecule has 0 bridgehead atoms. The molecule has 1 aromatic carbocycles. The Hall–Kier alpha value is -1.68. The summed E-state index contributed by atoms with van der Waals surface area (Å²) in [5.41, 5.74) is 1.06. The highest BCUT2D eigenvalue weighted by Gasteiger charge is 2.08. The molecule has 0 fully saturated rings. The molecule has 1 atom stereocenters. The first-order valence-electron chi connectivity index (χ1n) is 6.88. The first kappa shape index (κ1) is 13.7. The smallest absolute Gasteiger partial charge is 0.156 e. The maximum absolute atomic E-state index is 9.35. The minimum atomic E-state index is -0.402. The lowest BCUT2D eigenvalue weighted by Crippen LogP contribution is -2.16. The maximum Gasteiger partial charge on any atom is 0.156 e. The van der Waals surface area contributed by atoms with Gasteiger partial charge in [0.2, 0.25) is 0 Å². The third kappa shape index (κ3) is 3.41. The van der Waals surface area contributed by atoms with E-state index >= 15 is 0 Å². The highest BCUT2D eigenvalue weighted by molar-refractivity contribution is 5.93. The number of rotatable bonds is 6. The molecule has 0 aliphatic carbocycles. The molecule has 0 amide bonds. The second kappa shape index (κ2) is 6.48. The van der Waals surface area contributed by atoms with Crippen LogP contribution in [-0.4, -0.2) is 28.0 Å². The van der Waals surface area contributed by atoms with E-state index in [0.29, 0.717) is 6.54 Å². The highest BCUT2D eigenvalue weighted by Crippen LogP contribution is 2.23. The number of aromatic nitrogens is 2. The van der Waals surface area contributed by atoms with E-state index in [9.17, 15) is 5.11 Å². The number of benzene rings is 1. The minimum Gasteiger partial charge on any atom is -0.392 e. The van der Waals surface area contributed by atoms with Crippen molar-refractivity contribution in [3.05, 3.63) is 30.0 Å². The minimum absolute atomic E-state index is 0.402. The second-order valence-electron chi connectivity index (χ2n) is 4.87. The standard InChI is InChI=1S/C15H21N3O/c1-3-4-9-14-12-7-5-6-8-13(12)15(18-17-14)16-10-11(2)19/h5-8,11,19H,3-4,9-10H2,1-2H3,(H,16,18). The Kier molecular flexibility index (Phi) is 4.68. The van der Waals surface area contributed by atoms with Crippen molar-refractivity contribution in [2.24, 2.45) is 0 Å². The van der Waals surface area contributed by atoms with Gasteiger partial charge < -0.3 is 10.4 Å². The first-order chi connectivity index (χ1) is 9.22. The summed E-state index contributed by atoms with van der Waals surface area (Å²) in [6.07, 6.45) is 2.83. The number of nitrogens with zero attached hydrogens (tertiary/aromatic N) is 2. The van der Waals surface area contributed by atoms with Gasteiger partial charge in [-0.05, 0) is 19.8 Å². The van der Waals surface area contributed by atoms with Crippen molar-refractivity contribution in [2.75, 3.05) is 11.9 Å². The lowest BCUT2D eigenvalue weighted by Gasteiger charge is -2.11. The van der Waals surface area contributed by atoms with E-state index in [1.54, 1.807) is 6.92 Å². The van der Waals surface area contributed by atoms with E-state index in [0.717, 1.165) is 41.5 Å². The lowest BCUT2D eigenvalue weighted by molar-refractivity contribution is 0.208. The Balaban J connectivity index is 2.34. The number of nitrogens with one attached hydrogen (secondary N) is 1. The van der Waals surface area contributed by atoms with E-state index in [1.165, 1.54) is 0 Å². The Morgan fingerprint density at radius 1 is 1.21 bits per heavy atom. The quantitative estimate of drug-likeness (QED) is 0.837. The number of anilines is 1. The van der Waals surface area contributed by atoms with E-state index in [-0.39, 0.29) is 0 Å². The van der Waals surface area contributed by atoms with Crippen molar-refractivity contribution in [2.45, 2.75) is 39.2 Å². The fourth-order valence-corrected chi connectivity index (χ4v) is 2.06. The predicted molar refractivity (Wildman–Crippen MR) is 78.3 cm³/mol. The second-order valence-corrected chi connectivity index (χ2v) is 4.87. The monoisotopic (exact) mass is 259 g/mol. The van der Waals surface area contributed by atoms with Gasteiger partial charge in [-0.25, -0.2) is 0 Å². The molecule has 0 spiro atoms. The normalized spacial score (nSPS) is 12.6. The Bertz CT molecular complexity index is 540. The van der Waals surface area contributed by atoms with Crippen LogP contribution in [0.25, 0.3) is 10.8 Å². The van der Waals surface area contributed by atoms with Crippen molar-refractivity contribution in [3.63, 3.8) is 0 Å². The Labute approximate surface area is 113 Å². The van der Waals surface area contributed by atoms with Crippen LogP contribution < -0.4 is 5.32 Å². The number of hydrogen-bond donors (Lipinski definition) is 2. The van der Waals surface area contributed by atoms with Crippen LogP contribution >= 0.6 is 0 Å². The van der Waals surface area contributed by atoms with Gasteiger partial charge in [-0.3, -0.25) is 0 Å². The van der Waals surface area contributed by atoms with Gasteiger partial charge in [0, 0.05) is 17.3 Å². The number of aliphatic hydroxyl groups excluding tert-OH is 1. The van der Waals surface area contributed by atoms with Crippen LogP contribution in [0.15, 0.2) is 24.3 Å². The number of hydrogen-bond acceptors (Lipinski definition) is 4. The van der Waals surface area contributed by atoms with Crippen LogP contribution in [0.3, 0.4) is 0 Å². The fraction of sp³-hybridized carbons (Fsp3) is 0.467. The first-order valence-corrected chi connectivity index (χ1v) is 6.88. The zero-order valence-corrected chi connectivity index (χ0v) is 11.6. The fourth-order valence-electron chi connectivity index (χ4n) is 2.06. The molecule has 0 aliphatic heterocycles. The van der Waals surface area contributed by atoms with Crippen LogP contribution in [0.4, 0.5) is 5.82 Å². The summed E-state index contributed by atoms with van der Waals surface area (Å²) in [7, 11) is 0. The summed E-state index contributed by atoms with van der Waals surface area (Å²) in [4.78, 5) is 0. The molecule has 4 heteroatoms. The van der Waals surface area contributed by atoms with Crippen LogP contribution in [0, 0.1) is 0 Å². The van der Waals surface area contributed by atoms with Crippen LogP contribution in [0.2, 0.25) is 0 Å². The maximum atomic E-state index is 9.35. The molecular weight excluding hydrogens is 238 g/mol. The van der Waals surface area contributed by atoms with E-state index in [4.69, 9.17) is 0 Å². The van der Waals surface area contributed by atoms with E-state index in [1.807, 2.05) is 18.2 Å². The van der Waals surface area contributed by atoms with E-state index < -0.39 is 6.10 Å². The highest BCUT2D eigenvalue weighted by atomic mass is 16.3. The van der Waals surface area contributed by atoms with Crippen molar-refractivity contribution >= 4 is 16.6 Å². The number of aliphatic hydroxyl groups is 1. The molecule has 0 saturated carbocycles. The van der Waals surface area contributed by atoms with Crippen molar-refractivity contribution in [3.8, 4) is 0 Å². The van der Waals surface area contributed by atoms with Gasteiger partial charge in [0.25, 0.3) is 0 Å². The molecule has 2 aromatic rings. The van der Waals surface area contributed by atoms with Gasteiger partial charge in [0.05, 0.1) is 11.8 Å². The summed E-state index contributed by atoms with van der Waals surface area (Å²) < 4.78 is 0. The van der Waals surface area contributed by atoms with Gasteiger partial charge in [0.15, 0.2) is 5.82 Å².